The maximum Gasteiger partial charge on any atom is 0.311 e. The van der Waals surface area contributed by atoms with Gasteiger partial charge in [-0.2, -0.15) is 0 Å². The number of nitrogens with zero attached hydrogens (tertiary/aromatic N) is 2. The summed E-state index contributed by atoms with van der Waals surface area (Å²) in [4.78, 5) is 35.8. The number of carboxylic acids is 1. The SMILES string of the molecule is CCOc1ccc(C(=O)N2CCC(C(=O)O)C(C)C2)cc1[N+](=O)[O-]. The van der Waals surface area contributed by atoms with Crippen molar-refractivity contribution in [3.05, 3.63) is 33.9 Å². The number of carbonyl (C=O) groups excluding carboxylic acids is 1. The van der Waals surface area contributed by atoms with Gasteiger partial charge in [0.1, 0.15) is 0 Å². The first-order chi connectivity index (χ1) is 11.3. The molecule has 24 heavy (non-hydrogen) atoms. The van der Waals surface area contributed by atoms with Gasteiger partial charge in [-0.1, -0.05) is 6.92 Å². The number of hydrogen-bond acceptors (Lipinski definition) is 5. The van der Waals surface area contributed by atoms with E-state index in [0.29, 0.717) is 19.5 Å². The van der Waals surface area contributed by atoms with Crippen LogP contribution in [-0.4, -0.2) is 46.5 Å². The van der Waals surface area contributed by atoms with Crippen molar-refractivity contribution >= 4 is 17.6 Å². The van der Waals surface area contributed by atoms with Crippen LogP contribution in [0.1, 0.15) is 30.6 Å². The quantitative estimate of drug-likeness (QED) is 0.652. The summed E-state index contributed by atoms with van der Waals surface area (Å²) in [5, 5.41) is 20.3. The number of nitro groups is 1. The Balaban J connectivity index is 2.20. The third kappa shape index (κ3) is 3.64. The molecule has 1 aliphatic heterocycles. The molecule has 1 aliphatic rings. The minimum Gasteiger partial charge on any atom is -0.487 e. The van der Waals surface area contributed by atoms with E-state index >= 15 is 0 Å². The molecular formula is C16H20N2O6. The van der Waals surface area contributed by atoms with Crippen LogP contribution in [0.2, 0.25) is 0 Å². The van der Waals surface area contributed by atoms with E-state index in [2.05, 4.69) is 0 Å². The van der Waals surface area contributed by atoms with Crippen LogP contribution < -0.4 is 4.74 Å². The lowest BCUT2D eigenvalue weighted by Crippen LogP contribution is -2.45. The number of carbonyl (C=O) groups is 2. The Morgan fingerprint density at radius 2 is 2.17 bits per heavy atom. The van der Waals surface area contributed by atoms with Gasteiger partial charge in [-0.25, -0.2) is 0 Å². The normalized spacial score (nSPS) is 20.5. The van der Waals surface area contributed by atoms with E-state index in [1.807, 2.05) is 0 Å². The first kappa shape index (κ1) is 17.7. The van der Waals surface area contributed by atoms with E-state index in [1.54, 1.807) is 18.7 Å². The predicted molar refractivity (Wildman–Crippen MR) is 85.1 cm³/mol. The summed E-state index contributed by atoms with van der Waals surface area (Å²) in [5.74, 6) is -1.71. The second-order valence-corrected chi connectivity index (χ2v) is 5.83. The lowest BCUT2D eigenvalue weighted by atomic mass is 9.87. The van der Waals surface area contributed by atoms with E-state index < -0.39 is 16.8 Å². The summed E-state index contributed by atoms with van der Waals surface area (Å²) in [6, 6.07) is 4.12. The standard InChI is InChI=1S/C16H20N2O6/c1-3-24-14-5-4-11(8-13(14)18(22)23)15(19)17-7-6-12(16(20)21)10(2)9-17/h4-5,8,10,12H,3,6-7,9H2,1-2H3,(H,20,21). The molecule has 0 radical (unpaired) electrons. The number of amides is 1. The largest absolute Gasteiger partial charge is 0.487 e. The van der Waals surface area contributed by atoms with Crippen LogP contribution >= 0.6 is 0 Å². The van der Waals surface area contributed by atoms with Crippen LogP contribution in [0.15, 0.2) is 18.2 Å². The summed E-state index contributed by atoms with van der Waals surface area (Å²) in [5.41, 5.74) is -0.0534. The summed E-state index contributed by atoms with van der Waals surface area (Å²) < 4.78 is 5.20. The second-order valence-electron chi connectivity index (χ2n) is 5.83. The van der Waals surface area contributed by atoms with E-state index in [-0.39, 0.29) is 35.4 Å². The molecule has 2 atom stereocenters. The summed E-state index contributed by atoms with van der Waals surface area (Å²) in [7, 11) is 0. The van der Waals surface area contributed by atoms with Crippen LogP contribution in [0.25, 0.3) is 0 Å². The number of hydrogen-bond donors (Lipinski definition) is 1. The molecule has 0 spiro atoms. The first-order valence-corrected chi connectivity index (χ1v) is 7.78. The fraction of sp³-hybridized carbons (Fsp3) is 0.500. The highest BCUT2D eigenvalue weighted by Crippen LogP contribution is 2.30. The summed E-state index contributed by atoms with van der Waals surface area (Å²) >= 11 is 0. The number of benzene rings is 1. The van der Waals surface area contributed by atoms with Crippen LogP contribution in [0.5, 0.6) is 5.75 Å². The first-order valence-electron chi connectivity index (χ1n) is 7.78. The Morgan fingerprint density at radius 1 is 1.46 bits per heavy atom. The molecule has 1 aromatic carbocycles. The Bertz CT molecular complexity index is 660. The van der Waals surface area contributed by atoms with Gasteiger partial charge in [0.25, 0.3) is 5.91 Å². The van der Waals surface area contributed by atoms with E-state index in [4.69, 9.17) is 9.84 Å². The number of rotatable bonds is 5. The van der Waals surface area contributed by atoms with Gasteiger partial charge in [0, 0.05) is 24.7 Å². The van der Waals surface area contributed by atoms with Crippen molar-refractivity contribution < 1.29 is 24.4 Å². The highest BCUT2D eigenvalue weighted by Gasteiger charge is 2.33. The summed E-state index contributed by atoms with van der Waals surface area (Å²) in [6.07, 6.45) is 0.376. The van der Waals surface area contributed by atoms with Gasteiger partial charge in [0.05, 0.1) is 17.4 Å². The number of piperidine rings is 1. The van der Waals surface area contributed by atoms with Crippen LogP contribution in [-0.2, 0) is 4.79 Å². The maximum atomic E-state index is 12.6. The van der Waals surface area contributed by atoms with Gasteiger partial charge in [-0.15, -0.1) is 0 Å². The highest BCUT2D eigenvalue weighted by molar-refractivity contribution is 5.95. The van der Waals surface area contributed by atoms with Crippen LogP contribution in [0.3, 0.4) is 0 Å². The average molecular weight is 336 g/mol. The molecule has 0 aromatic heterocycles. The highest BCUT2D eigenvalue weighted by atomic mass is 16.6. The maximum absolute atomic E-state index is 12.6. The topological polar surface area (TPSA) is 110 Å². The number of nitro benzene ring substituents is 1. The van der Waals surface area contributed by atoms with Gasteiger partial charge >= 0.3 is 11.7 Å². The summed E-state index contributed by atoms with van der Waals surface area (Å²) in [6.45, 7) is 4.43. The second kappa shape index (κ2) is 7.29. The molecule has 1 fully saturated rings. The molecule has 1 N–H and O–H groups in total. The monoisotopic (exact) mass is 336 g/mol. The fourth-order valence-electron chi connectivity index (χ4n) is 2.95. The molecule has 8 nitrogen and oxygen atoms in total. The molecule has 1 amide bonds. The Hall–Kier alpha value is -2.64. The Morgan fingerprint density at radius 3 is 2.71 bits per heavy atom. The molecule has 0 saturated carbocycles. The zero-order chi connectivity index (χ0) is 17.9. The fourth-order valence-corrected chi connectivity index (χ4v) is 2.95. The number of ether oxygens (including phenoxy) is 1. The molecule has 1 aromatic rings. The minimum atomic E-state index is -0.855. The van der Waals surface area contributed by atoms with E-state index in [9.17, 15) is 19.7 Å². The lowest BCUT2D eigenvalue weighted by Gasteiger charge is -2.35. The van der Waals surface area contributed by atoms with Crippen molar-refractivity contribution in [2.45, 2.75) is 20.3 Å². The van der Waals surface area contributed by atoms with Gasteiger partial charge in [-0.3, -0.25) is 19.7 Å². The molecule has 0 aliphatic carbocycles. The molecule has 8 heteroatoms. The van der Waals surface area contributed by atoms with Crippen molar-refractivity contribution in [2.75, 3.05) is 19.7 Å². The third-order valence-electron chi connectivity index (χ3n) is 4.21. The number of aliphatic carboxylic acids is 1. The lowest BCUT2D eigenvalue weighted by molar-refractivity contribution is -0.385. The molecule has 1 heterocycles. The van der Waals surface area contributed by atoms with Crippen molar-refractivity contribution in [2.24, 2.45) is 11.8 Å². The van der Waals surface area contributed by atoms with Crippen molar-refractivity contribution in [1.82, 2.24) is 4.90 Å². The smallest absolute Gasteiger partial charge is 0.311 e. The predicted octanol–water partition coefficient (Wildman–Crippen LogP) is 2.18. The van der Waals surface area contributed by atoms with E-state index in [0.717, 1.165) is 0 Å². The number of carboxylic acid groups (broad SMARTS) is 1. The van der Waals surface area contributed by atoms with Crippen molar-refractivity contribution in [3.63, 3.8) is 0 Å². The Labute approximate surface area is 139 Å². The minimum absolute atomic E-state index is 0.122. The molecule has 130 valence electrons. The molecule has 2 unspecified atom stereocenters. The molecular weight excluding hydrogens is 316 g/mol. The van der Waals surface area contributed by atoms with E-state index in [1.165, 1.54) is 18.2 Å². The zero-order valence-corrected chi connectivity index (χ0v) is 13.6. The van der Waals surface area contributed by atoms with Gasteiger partial charge in [0.2, 0.25) is 0 Å². The van der Waals surface area contributed by atoms with Gasteiger partial charge in [0.15, 0.2) is 5.75 Å². The van der Waals surface area contributed by atoms with Crippen molar-refractivity contribution in [3.8, 4) is 5.75 Å². The molecule has 2 rings (SSSR count). The van der Waals surface area contributed by atoms with Crippen LogP contribution in [0.4, 0.5) is 5.69 Å². The Kier molecular flexibility index (Phi) is 5.38. The number of likely N-dealkylation sites (tertiary alicyclic amines) is 1. The van der Waals surface area contributed by atoms with Crippen molar-refractivity contribution in [1.29, 1.82) is 0 Å². The zero-order valence-electron chi connectivity index (χ0n) is 13.6. The van der Waals surface area contributed by atoms with Gasteiger partial charge < -0.3 is 14.7 Å². The molecule has 1 saturated heterocycles. The van der Waals surface area contributed by atoms with Crippen LogP contribution in [0, 0.1) is 22.0 Å². The molecule has 0 bridgehead atoms. The van der Waals surface area contributed by atoms with Gasteiger partial charge in [-0.05, 0) is 31.4 Å². The third-order valence-corrected chi connectivity index (χ3v) is 4.21. The average Bonchev–Trinajstić information content (AvgIpc) is 2.54.